The largest absolute Gasteiger partial charge is 0.401 e. The highest BCUT2D eigenvalue weighted by atomic mass is 35.5. The van der Waals surface area contributed by atoms with Crippen molar-refractivity contribution in [1.29, 1.82) is 0 Å². The molecule has 0 unspecified atom stereocenters. The number of aryl methyl sites for hydroxylation is 1. The molecular formula is C16H20ClN3. The molecule has 1 heterocycles. The van der Waals surface area contributed by atoms with E-state index in [4.69, 9.17) is 17.3 Å². The monoisotopic (exact) mass is 289 g/mol. The van der Waals surface area contributed by atoms with Gasteiger partial charge in [-0.25, -0.2) is 0 Å². The van der Waals surface area contributed by atoms with Crippen LogP contribution in [-0.4, -0.2) is 17.2 Å². The number of nitrogens with two attached hydrogens (primary N) is 1. The minimum atomic E-state index is 0.477. The standard InChI is InChI=1S/C16H20ClN3/c1-10-14(17)7-8-15(20-10)13(16(18)11-5-6-11)9-19-12-3-2-4-12/h7-9,11-12H,2-6,18H2,1H3. The molecule has 0 spiro atoms. The molecular weight excluding hydrogens is 270 g/mol. The first-order valence-corrected chi connectivity index (χ1v) is 7.69. The molecule has 2 N–H and O–H groups in total. The molecule has 2 aliphatic rings. The molecule has 0 aliphatic heterocycles. The lowest BCUT2D eigenvalue weighted by atomic mass is 9.94. The fourth-order valence-corrected chi connectivity index (χ4v) is 2.42. The number of nitrogens with zero attached hydrogens (tertiary/aromatic N) is 2. The third-order valence-corrected chi connectivity index (χ3v) is 4.51. The van der Waals surface area contributed by atoms with Crippen molar-refractivity contribution in [3.05, 3.63) is 34.2 Å². The van der Waals surface area contributed by atoms with Crippen LogP contribution >= 0.6 is 11.6 Å². The van der Waals surface area contributed by atoms with E-state index in [1.54, 1.807) is 0 Å². The summed E-state index contributed by atoms with van der Waals surface area (Å²) < 4.78 is 0. The summed E-state index contributed by atoms with van der Waals surface area (Å²) >= 11 is 6.06. The number of halogens is 1. The van der Waals surface area contributed by atoms with Crippen LogP contribution in [-0.2, 0) is 0 Å². The predicted molar refractivity (Wildman–Crippen MR) is 83.9 cm³/mol. The van der Waals surface area contributed by atoms with E-state index in [9.17, 15) is 0 Å². The lowest BCUT2D eigenvalue weighted by Crippen LogP contribution is -2.15. The van der Waals surface area contributed by atoms with Crippen LogP contribution in [0, 0.1) is 12.8 Å². The molecule has 2 fully saturated rings. The highest BCUT2D eigenvalue weighted by Gasteiger charge is 2.27. The molecule has 2 aliphatic carbocycles. The number of aliphatic imine (C=N–C) groups is 1. The second kappa shape index (κ2) is 5.57. The summed E-state index contributed by atoms with van der Waals surface area (Å²) in [6.07, 6.45) is 7.98. The average Bonchev–Trinajstić information content (AvgIpc) is 3.19. The molecule has 3 rings (SSSR count). The molecule has 0 atom stereocenters. The Balaban J connectivity index is 1.93. The van der Waals surface area contributed by atoms with Crippen LogP contribution in [0.25, 0.3) is 5.57 Å². The Kier molecular flexibility index (Phi) is 3.79. The molecule has 3 nitrogen and oxygen atoms in total. The van der Waals surface area contributed by atoms with Crippen LogP contribution in [0.15, 0.2) is 22.8 Å². The maximum atomic E-state index is 6.30. The fraction of sp³-hybridized carbons (Fsp3) is 0.500. The van der Waals surface area contributed by atoms with E-state index in [0.717, 1.165) is 22.7 Å². The van der Waals surface area contributed by atoms with Crippen molar-refractivity contribution in [3.8, 4) is 0 Å². The molecule has 0 bridgehead atoms. The Morgan fingerprint density at radius 2 is 2.10 bits per heavy atom. The number of hydrogen-bond donors (Lipinski definition) is 1. The second-order valence-electron chi connectivity index (χ2n) is 5.77. The molecule has 0 radical (unpaired) electrons. The molecule has 1 aromatic heterocycles. The normalized spacial score (nSPS) is 20.9. The van der Waals surface area contributed by atoms with E-state index >= 15 is 0 Å². The Morgan fingerprint density at radius 1 is 1.35 bits per heavy atom. The van der Waals surface area contributed by atoms with E-state index in [-0.39, 0.29) is 0 Å². The third-order valence-electron chi connectivity index (χ3n) is 4.11. The van der Waals surface area contributed by atoms with Gasteiger partial charge in [-0.15, -0.1) is 0 Å². The van der Waals surface area contributed by atoms with Crippen molar-refractivity contribution in [2.45, 2.75) is 45.1 Å². The minimum Gasteiger partial charge on any atom is -0.401 e. The van der Waals surface area contributed by atoms with Crippen LogP contribution < -0.4 is 5.73 Å². The van der Waals surface area contributed by atoms with Crippen molar-refractivity contribution >= 4 is 23.4 Å². The van der Waals surface area contributed by atoms with Gasteiger partial charge in [-0.05, 0) is 57.1 Å². The molecule has 20 heavy (non-hydrogen) atoms. The van der Waals surface area contributed by atoms with E-state index in [1.165, 1.54) is 32.1 Å². The Morgan fingerprint density at radius 3 is 2.65 bits per heavy atom. The highest BCUT2D eigenvalue weighted by Crippen LogP contribution is 2.37. The first-order chi connectivity index (χ1) is 9.65. The Bertz CT molecular complexity index is 569. The van der Waals surface area contributed by atoms with E-state index in [1.807, 2.05) is 25.3 Å². The topological polar surface area (TPSA) is 51.3 Å². The van der Waals surface area contributed by atoms with Crippen molar-refractivity contribution < 1.29 is 0 Å². The third kappa shape index (κ3) is 2.88. The van der Waals surface area contributed by atoms with Gasteiger partial charge in [0, 0.05) is 23.5 Å². The summed E-state index contributed by atoms with van der Waals surface area (Å²) in [5, 5.41) is 0.689. The van der Waals surface area contributed by atoms with Gasteiger partial charge >= 0.3 is 0 Å². The summed E-state index contributed by atoms with van der Waals surface area (Å²) in [6.45, 7) is 1.92. The summed E-state index contributed by atoms with van der Waals surface area (Å²) in [5.41, 5.74) is 9.95. The summed E-state index contributed by atoms with van der Waals surface area (Å²) in [5.74, 6) is 0.510. The van der Waals surface area contributed by atoms with Gasteiger partial charge in [0.25, 0.3) is 0 Å². The van der Waals surface area contributed by atoms with E-state index in [2.05, 4.69) is 9.98 Å². The van der Waals surface area contributed by atoms with Crippen molar-refractivity contribution in [1.82, 2.24) is 4.98 Å². The second-order valence-corrected chi connectivity index (χ2v) is 6.18. The van der Waals surface area contributed by atoms with Gasteiger partial charge in [-0.3, -0.25) is 9.98 Å². The Hall–Kier alpha value is -1.35. The SMILES string of the molecule is Cc1nc(C(C=NC2CCC2)=C(N)C2CC2)ccc1Cl. The smallest absolute Gasteiger partial charge is 0.0739 e. The number of pyridine rings is 1. The van der Waals surface area contributed by atoms with E-state index in [0.29, 0.717) is 17.0 Å². The van der Waals surface area contributed by atoms with Crippen LogP contribution in [0.5, 0.6) is 0 Å². The molecule has 0 saturated heterocycles. The predicted octanol–water partition coefficient (Wildman–Crippen LogP) is 3.75. The fourth-order valence-electron chi connectivity index (χ4n) is 2.31. The van der Waals surface area contributed by atoms with Gasteiger partial charge in [0.1, 0.15) is 0 Å². The van der Waals surface area contributed by atoms with Gasteiger partial charge in [0.2, 0.25) is 0 Å². The van der Waals surface area contributed by atoms with Crippen LogP contribution in [0.4, 0.5) is 0 Å². The summed E-state index contributed by atoms with van der Waals surface area (Å²) in [6, 6.07) is 4.30. The molecule has 0 aromatic carbocycles. The number of aromatic nitrogens is 1. The average molecular weight is 290 g/mol. The van der Waals surface area contributed by atoms with Gasteiger partial charge in [-0.2, -0.15) is 0 Å². The first-order valence-electron chi connectivity index (χ1n) is 7.31. The maximum Gasteiger partial charge on any atom is 0.0739 e. The van der Waals surface area contributed by atoms with Crippen LogP contribution in [0.1, 0.15) is 43.5 Å². The Labute approximate surface area is 125 Å². The lowest BCUT2D eigenvalue weighted by molar-refractivity contribution is 0.421. The van der Waals surface area contributed by atoms with Crippen LogP contribution in [0.2, 0.25) is 5.02 Å². The minimum absolute atomic E-state index is 0.477. The summed E-state index contributed by atoms with van der Waals surface area (Å²) in [7, 11) is 0. The van der Waals surface area contributed by atoms with Gasteiger partial charge in [0.15, 0.2) is 0 Å². The van der Waals surface area contributed by atoms with Crippen molar-refractivity contribution in [2.75, 3.05) is 0 Å². The quantitative estimate of drug-likeness (QED) is 0.858. The molecule has 2 saturated carbocycles. The van der Waals surface area contributed by atoms with Crippen molar-refractivity contribution in [3.63, 3.8) is 0 Å². The zero-order valence-electron chi connectivity index (χ0n) is 11.8. The number of rotatable bonds is 4. The molecule has 106 valence electrons. The number of allylic oxidation sites excluding steroid dienone is 2. The van der Waals surface area contributed by atoms with Gasteiger partial charge in [0.05, 0.1) is 16.4 Å². The van der Waals surface area contributed by atoms with E-state index < -0.39 is 0 Å². The van der Waals surface area contributed by atoms with Crippen molar-refractivity contribution in [2.24, 2.45) is 16.6 Å². The molecule has 1 aromatic rings. The van der Waals surface area contributed by atoms with Gasteiger partial charge in [-0.1, -0.05) is 11.6 Å². The zero-order chi connectivity index (χ0) is 14.1. The van der Waals surface area contributed by atoms with Crippen LogP contribution in [0.3, 0.4) is 0 Å². The number of hydrogen-bond acceptors (Lipinski definition) is 3. The summed E-state index contributed by atoms with van der Waals surface area (Å²) in [4.78, 5) is 9.22. The highest BCUT2D eigenvalue weighted by molar-refractivity contribution is 6.31. The zero-order valence-corrected chi connectivity index (χ0v) is 12.5. The maximum absolute atomic E-state index is 6.30. The van der Waals surface area contributed by atoms with Gasteiger partial charge < -0.3 is 5.73 Å². The molecule has 0 amide bonds. The lowest BCUT2D eigenvalue weighted by Gasteiger charge is -2.21. The molecule has 4 heteroatoms. The first kappa shape index (κ1) is 13.6.